The quantitative estimate of drug-likeness (QED) is 0.833. The number of nitrogens with zero attached hydrogens (tertiary/aromatic N) is 1. The van der Waals surface area contributed by atoms with Crippen LogP contribution in [0.5, 0.6) is 0 Å². The zero-order valence-corrected chi connectivity index (χ0v) is 12.9. The van der Waals surface area contributed by atoms with Crippen molar-refractivity contribution in [3.8, 4) is 0 Å². The number of anilines is 1. The highest BCUT2D eigenvalue weighted by Gasteiger charge is 2.08. The number of nitrogens with one attached hydrogen (secondary N) is 1. The summed E-state index contributed by atoms with van der Waals surface area (Å²) in [7, 11) is 0. The molecule has 19 heavy (non-hydrogen) atoms. The van der Waals surface area contributed by atoms with Crippen LogP contribution < -0.4 is 5.32 Å². The third-order valence-corrected chi connectivity index (χ3v) is 4.33. The van der Waals surface area contributed by atoms with Gasteiger partial charge in [-0.1, -0.05) is 35.5 Å². The van der Waals surface area contributed by atoms with E-state index in [0.717, 1.165) is 10.2 Å². The lowest BCUT2D eigenvalue weighted by Gasteiger charge is -2.07. The van der Waals surface area contributed by atoms with Crippen LogP contribution in [0.25, 0.3) is 0 Å². The summed E-state index contributed by atoms with van der Waals surface area (Å²) < 4.78 is 0.851. The van der Waals surface area contributed by atoms with Crippen LogP contribution in [0, 0.1) is 0 Å². The Morgan fingerprint density at radius 2 is 2.11 bits per heavy atom. The molecule has 0 spiro atoms. The highest BCUT2D eigenvalue weighted by atomic mass is 79.9. The van der Waals surface area contributed by atoms with Crippen molar-refractivity contribution < 1.29 is 4.79 Å². The highest BCUT2D eigenvalue weighted by molar-refractivity contribution is 9.10. The van der Waals surface area contributed by atoms with Crippen LogP contribution in [-0.4, -0.2) is 16.6 Å². The van der Waals surface area contributed by atoms with Crippen molar-refractivity contribution in [3.05, 3.63) is 52.1 Å². The van der Waals surface area contributed by atoms with Gasteiger partial charge in [0.2, 0.25) is 5.91 Å². The van der Waals surface area contributed by atoms with E-state index in [-0.39, 0.29) is 11.7 Å². The molecule has 0 saturated heterocycles. The molecular formula is C13H10BrClN2OS. The van der Waals surface area contributed by atoms with Gasteiger partial charge < -0.3 is 5.32 Å². The Kier molecular flexibility index (Phi) is 5.24. The summed E-state index contributed by atoms with van der Waals surface area (Å²) in [6.07, 6.45) is 1.65. The van der Waals surface area contributed by atoms with Crippen molar-refractivity contribution in [2.75, 3.05) is 11.1 Å². The molecule has 0 aliphatic heterocycles. The molecular weight excluding hydrogens is 348 g/mol. The third-order valence-electron chi connectivity index (χ3n) is 2.21. The molecule has 2 rings (SSSR count). The Hall–Kier alpha value is -1.04. The van der Waals surface area contributed by atoms with Crippen LogP contribution in [0.2, 0.25) is 5.02 Å². The van der Waals surface area contributed by atoms with Crippen LogP contribution in [0.15, 0.2) is 52.1 Å². The first-order chi connectivity index (χ1) is 9.16. The lowest BCUT2D eigenvalue weighted by molar-refractivity contribution is -0.113. The summed E-state index contributed by atoms with van der Waals surface area (Å²) in [4.78, 5) is 15.9. The molecule has 0 unspecified atom stereocenters. The molecule has 0 atom stereocenters. The highest BCUT2D eigenvalue weighted by Crippen LogP contribution is 2.25. The molecule has 2 aromatic rings. The number of carbonyl (C=O) groups is 1. The second-order valence-electron chi connectivity index (χ2n) is 3.61. The van der Waals surface area contributed by atoms with E-state index in [1.54, 1.807) is 18.3 Å². The molecule has 0 aliphatic carbocycles. The lowest BCUT2D eigenvalue weighted by Crippen LogP contribution is -2.14. The number of hydrogen-bond acceptors (Lipinski definition) is 3. The van der Waals surface area contributed by atoms with Crippen LogP contribution in [0.4, 0.5) is 5.69 Å². The molecule has 1 heterocycles. The minimum absolute atomic E-state index is 0.0985. The largest absolute Gasteiger partial charge is 0.324 e. The number of hydrogen-bond donors (Lipinski definition) is 1. The molecule has 1 aromatic heterocycles. The zero-order valence-electron chi connectivity index (χ0n) is 9.77. The van der Waals surface area contributed by atoms with E-state index in [1.807, 2.05) is 24.3 Å². The van der Waals surface area contributed by atoms with Gasteiger partial charge in [-0.05, 0) is 40.2 Å². The maximum absolute atomic E-state index is 11.8. The van der Waals surface area contributed by atoms with E-state index >= 15 is 0 Å². The number of para-hydroxylation sites is 1. The molecule has 0 bridgehead atoms. The average molecular weight is 358 g/mol. The number of carbonyl (C=O) groups excluding carboxylic acids is 1. The van der Waals surface area contributed by atoms with E-state index < -0.39 is 0 Å². The molecule has 0 saturated carbocycles. The van der Waals surface area contributed by atoms with Gasteiger partial charge in [0.25, 0.3) is 0 Å². The number of pyridine rings is 1. The third kappa shape index (κ3) is 4.23. The molecule has 3 nitrogen and oxygen atoms in total. The minimum Gasteiger partial charge on any atom is -0.324 e. The van der Waals surface area contributed by atoms with E-state index in [1.165, 1.54) is 11.8 Å². The molecule has 0 aliphatic rings. The number of benzene rings is 1. The standard InChI is InChI=1S/C13H10BrClN2OS/c14-9-4-1-2-6-11(9)17-12(18)8-19-13-10(15)5-3-7-16-13/h1-7H,8H2,(H,17,18). The second-order valence-corrected chi connectivity index (χ2v) is 5.83. The van der Waals surface area contributed by atoms with Crippen molar-refractivity contribution in [2.24, 2.45) is 0 Å². The maximum Gasteiger partial charge on any atom is 0.234 e. The Balaban J connectivity index is 1.92. The van der Waals surface area contributed by atoms with Gasteiger partial charge >= 0.3 is 0 Å². The van der Waals surface area contributed by atoms with E-state index in [4.69, 9.17) is 11.6 Å². The van der Waals surface area contributed by atoms with Gasteiger partial charge in [-0.3, -0.25) is 4.79 Å². The predicted molar refractivity (Wildman–Crippen MR) is 82.7 cm³/mol. The van der Waals surface area contributed by atoms with Crippen molar-refractivity contribution in [3.63, 3.8) is 0 Å². The lowest BCUT2D eigenvalue weighted by atomic mass is 10.3. The summed E-state index contributed by atoms with van der Waals surface area (Å²) in [5.41, 5.74) is 0.750. The van der Waals surface area contributed by atoms with Crippen LogP contribution in [0.1, 0.15) is 0 Å². The van der Waals surface area contributed by atoms with Gasteiger partial charge in [0, 0.05) is 10.7 Å². The Bertz CT molecular complexity index is 594. The monoisotopic (exact) mass is 356 g/mol. The van der Waals surface area contributed by atoms with Crippen molar-refractivity contribution in [2.45, 2.75) is 5.03 Å². The van der Waals surface area contributed by atoms with Gasteiger partial charge in [0.1, 0.15) is 5.03 Å². The molecule has 0 fully saturated rings. The maximum atomic E-state index is 11.8. The van der Waals surface area contributed by atoms with Gasteiger partial charge in [-0.25, -0.2) is 4.98 Å². The smallest absolute Gasteiger partial charge is 0.234 e. The van der Waals surface area contributed by atoms with Gasteiger partial charge in [0.15, 0.2) is 0 Å². The van der Waals surface area contributed by atoms with Crippen LogP contribution >= 0.6 is 39.3 Å². The fourth-order valence-electron chi connectivity index (χ4n) is 1.36. The first-order valence-corrected chi connectivity index (χ1v) is 7.60. The molecule has 6 heteroatoms. The normalized spacial score (nSPS) is 10.2. The molecule has 1 aromatic carbocycles. The summed E-state index contributed by atoms with van der Waals surface area (Å²) in [6.45, 7) is 0. The van der Waals surface area contributed by atoms with E-state index in [9.17, 15) is 4.79 Å². The first-order valence-electron chi connectivity index (χ1n) is 5.44. The molecule has 1 N–H and O–H groups in total. The van der Waals surface area contributed by atoms with Gasteiger partial charge in [0.05, 0.1) is 16.5 Å². The van der Waals surface area contributed by atoms with Crippen molar-refractivity contribution >= 4 is 50.9 Å². The number of halogens is 2. The second kappa shape index (κ2) is 6.93. The number of aromatic nitrogens is 1. The Morgan fingerprint density at radius 1 is 1.32 bits per heavy atom. The molecule has 1 amide bonds. The van der Waals surface area contributed by atoms with Crippen LogP contribution in [-0.2, 0) is 4.79 Å². The molecule has 98 valence electrons. The topological polar surface area (TPSA) is 42.0 Å². The number of amides is 1. The van der Waals surface area contributed by atoms with E-state index in [0.29, 0.717) is 10.0 Å². The molecule has 0 radical (unpaired) electrons. The summed E-state index contributed by atoms with van der Waals surface area (Å²) in [5, 5.41) is 4.04. The predicted octanol–water partition coefficient (Wildman–Crippen LogP) is 4.23. The number of thioether (sulfide) groups is 1. The average Bonchev–Trinajstić information content (AvgIpc) is 2.40. The first kappa shape index (κ1) is 14.4. The number of rotatable bonds is 4. The summed E-state index contributed by atoms with van der Waals surface area (Å²) in [6, 6.07) is 11.0. The SMILES string of the molecule is O=C(CSc1ncccc1Cl)Nc1ccccc1Br. The minimum atomic E-state index is -0.0985. The van der Waals surface area contributed by atoms with Gasteiger partial charge in [-0.15, -0.1) is 0 Å². The van der Waals surface area contributed by atoms with Crippen molar-refractivity contribution in [1.82, 2.24) is 4.98 Å². The van der Waals surface area contributed by atoms with E-state index in [2.05, 4.69) is 26.2 Å². The fourth-order valence-corrected chi connectivity index (χ4v) is 2.71. The van der Waals surface area contributed by atoms with Crippen LogP contribution in [0.3, 0.4) is 0 Å². The Morgan fingerprint density at radius 3 is 2.84 bits per heavy atom. The fraction of sp³-hybridized carbons (Fsp3) is 0.0769. The van der Waals surface area contributed by atoms with Crippen molar-refractivity contribution in [1.29, 1.82) is 0 Å². The Labute approximate surface area is 128 Å². The summed E-state index contributed by atoms with van der Waals surface area (Å²) >= 11 is 10.7. The zero-order chi connectivity index (χ0) is 13.7. The van der Waals surface area contributed by atoms with Gasteiger partial charge in [-0.2, -0.15) is 0 Å². The summed E-state index contributed by atoms with van der Waals surface area (Å²) in [5.74, 6) is 0.163.